The van der Waals surface area contributed by atoms with Gasteiger partial charge in [-0.3, -0.25) is 4.79 Å². The number of rotatable bonds is 11. The highest BCUT2D eigenvalue weighted by atomic mass is 16.4. The van der Waals surface area contributed by atoms with Crippen molar-refractivity contribution < 1.29 is 9.90 Å². The molecule has 20 heavy (non-hydrogen) atoms. The molecule has 0 aromatic heterocycles. The van der Waals surface area contributed by atoms with E-state index in [-0.39, 0.29) is 5.92 Å². The molecule has 0 fully saturated rings. The fraction of sp³-hybridized carbons (Fsp3) is 0.611. The van der Waals surface area contributed by atoms with Crippen LogP contribution in [-0.4, -0.2) is 11.1 Å². The summed E-state index contributed by atoms with van der Waals surface area (Å²) in [5.74, 6) is -0.746. The molecule has 0 saturated carbocycles. The molecule has 0 saturated heterocycles. The molecule has 0 radical (unpaired) electrons. The van der Waals surface area contributed by atoms with Gasteiger partial charge in [0.05, 0.1) is 5.92 Å². The first-order chi connectivity index (χ1) is 9.74. The molecule has 1 aromatic rings. The third-order valence-corrected chi connectivity index (χ3v) is 3.87. The Kier molecular flexibility index (Phi) is 8.77. The lowest BCUT2D eigenvalue weighted by atomic mass is 9.94. The Bertz CT molecular complexity index is 359. The Morgan fingerprint density at radius 2 is 1.65 bits per heavy atom. The van der Waals surface area contributed by atoms with Crippen LogP contribution in [0, 0.1) is 5.92 Å². The van der Waals surface area contributed by atoms with E-state index in [1.54, 1.807) is 0 Å². The number of aryl methyl sites for hydroxylation is 1. The molecule has 2 nitrogen and oxygen atoms in total. The fourth-order valence-corrected chi connectivity index (χ4v) is 2.57. The molecule has 0 aliphatic carbocycles. The van der Waals surface area contributed by atoms with Crippen LogP contribution in [0.2, 0.25) is 0 Å². The SMILES string of the molecule is CCCCCCC(CCCCc1ccccc1)C(=O)O. The lowest BCUT2D eigenvalue weighted by Gasteiger charge is -2.12. The van der Waals surface area contributed by atoms with E-state index in [9.17, 15) is 9.90 Å². The molecule has 0 aliphatic rings. The zero-order valence-electron chi connectivity index (χ0n) is 12.7. The number of benzene rings is 1. The van der Waals surface area contributed by atoms with Gasteiger partial charge in [-0.1, -0.05) is 69.4 Å². The lowest BCUT2D eigenvalue weighted by molar-refractivity contribution is -0.142. The number of hydrogen-bond acceptors (Lipinski definition) is 1. The quantitative estimate of drug-likeness (QED) is 0.573. The van der Waals surface area contributed by atoms with Crippen LogP contribution in [0.1, 0.15) is 63.9 Å². The zero-order chi connectivity index (χ0) is 14.6. The van der Waals surface area contributed by atoms with Crippen molar-refractivity contribution >= 4 is 5.97 Å². The van der Waals surface area contributed by atoms with Gasteiger partial charge < -0.3 is 5.11 Å². The van der Waals surface area contributed by atoms with Gasteiger partial charge in [0, 0.05) is 0 Å². The first kappa shape index (κ1) is 16.7. The molecular formula is C18H28O2. The zero-order valence-corrected chi connectivity index (χ0v) is 12.7. The van der Waals surface area contributed by atoms with Gasteiger partial charge in [0.2, 0.25) is 0 Å². The Hall–Kier alpha value is -1.31. The maximum Gasteiger partial charge on any atom is 0.306 e. The van der Waals surface area contributed by atoms with Crippen LogP contribution in [0.3, 0.4) is 0 Å². The normalized spacial score (nSPS) is 12.2. The van der Waals surface area contributed by atoms with E-state index in [1.165, 1.54) is 24.8 Å². The summed E-state index contributed by atoms with van der Waals surface area (Å²) in [4.78, 5) is 11.2. The van der Waals surface area contributed by atoms with Crippen LogP contribution < -0.4 is 0 Å². The predicted molar refractivity (Wildman–Crippen MR) is 83.9 cm³/mol. The minimum atomic E-state index is -0.610. The lowest BCUT2D eigenvalue weighted by Crippen LogP contribution is -2.13. The van der Waals surface area contributed by atoms with E-state index in [0.29, 0.717) is 0 Å². The summed E-state index contributed by atoms with van der Waals surface area (Å²) in [5, 5.41) is 9.25. The second-order valence-electron chi connectivity index (χ2n) is 5.62. The van der Waals surface area contributed by atoms with Crippen molar-refractivity contribution in [2.45, 2.75) is 64.7 Å². The van der Waals surface area contributed by atoms with E-state index in [0.717, 1.165) is 38.5 Å². The Morgan fingerprint density at radius 1 is 1.00 bits per heavy atom. The van der Waals surface area contributed by atoms with E-state index in [1.807, 2.05) is 6.07 Å². The van der Waals surface area contributed by atoms with Crippen LogP contribution in [0.25, 0.3) is 0 Å². The molecule has 1 atom stereocenters. The van der Waals surface area contributed by atoms with Crippen molar-refractivity contribution in [3.63, 3.8) is 0 Å². The predicted octanol–water partition coefficient (Wildman–Crippen LogP) is 5.07. The van der Waals surface area contributed by atoms with Crippen molar-refractivity contribution in [1.82, 2.24) is 0 Å². The van der Waals surface area contributed by atoms with Crippen molar-refractivity contribution in [2.75, 3.05) is 0 Å². The monoisotopic (exact) mass is 276 g/mol. The summed E-state index contributed by atoms with van der Waals surface area (Å²) < 4.78 is 0. The molecule has 112 valence electrons. The second kappa shape index (κ2) is 10.5. The Labute approximate surface area is 123 Å². The van der Waals surface area contributed by atoms with E-state index in [4.69, 9.17) is 0 Å². The van der Waals surface area contributed by atoms with Gasteiger partial charge in [-0.25, -0.2) is 0 Å². The molecule has 0 aliphatic heterocycles. The Morgan fingerprint density at radius 3 is 2.25 bits per heavy atom. The van der Waals surface area contributed by atoms with Crippen molar-refractivity contribution in [3.8, 4) is 0 Å². The van der Waals surface area contributed by atoms with E-state index in [2.05, 4.69) is 31.2 Å². The number of carboxylic acid groups (broad SMARTS) is 1. The van der Waals surface area contributed by atoms with Crippen LogP contribution in [0.5, 0.6) is 0 Å². The molecule has 1 unspecified atom stereocenters. The maximum atomic E-state index is 11.2. The number of carboxylic acids is 1. The van der Waals surface area contributed by atoms with Crippen LogP contribution in [0.4, 0.5) is 0 Å². The van der Waals surface area contributed by atoms with Gasteiger partial charge in [-0.2, -0.15) is 0 Å². The topological polar surface area (TPSA) is 37.3 Å². The number of carbonyl (C=O) groups is 1. The highest BCUT2D eigenvalue weighted by Gasteiger charge is 2.16. The maximum absolute atomic E-state index is 11.2. The van der Waals surface area contributed by atoms with Gasteiger partial charge in [-0.05, 0) is 31.2 Å². The summed E-state index contributed by atoms with van der Waals surface area (Å²) in [6.45, 7) is 2.18. The van der Waals surface area contributed by atoms with Gasteiger partial charge in [0.1, 0.15) is 0 Å². The third kappa shape index (κ3) is 7.32. The average molecular weight is 276 g/mol. The molecule has 1 rings (SSSR count). The summed E-state index contributed by atoms with van der Waals surface area (Å²) in [6.07, 6.45) is 9.49. The minimum Gasteiger partial charge on any atom is -0.481 e. The summed E-state index contributed by atoms with van der Waals surface area (Å²) in [7, 11) is 0. The Balaban J connectivity index is 2.17. The molecule has 0 heterocycles. The van der Waals surface area contributed by atoms with Gasteiger partial charge in [-0.15, -0.1) is 0 Å². The number of aliphatic carboxylic acids is 1. The van der Waals surface area contributed by atoms with Gasteiger partial charge in [0.25, 0.3) is 0 Å². The molecule has 0 amide bonds. The summed E-state index contributed by atoms with van der Waals surface area (Å²) >= 11 is 0. The molecule has 2 heteroatoms. The standard InChI is InChI=1S/C18H28O2/c1-2-3-4-8-14-17(18(19)20)15-10-9-13-16-11-6-5-7-12-16/h5-7,11-12,17H,2-4,8-10,13-15H2,1H3,(H,19,20). The molecule has 1 N–H and O–H groups in total. The van der Waals surface area contributed by atoms with Crippen LogP contribution in [0.15, 0.2) is 30.3 Å². The second-order valence-corrected chi connectivity index (χ2v) is 5.62. The van der Waals surface area contributed by atoms with Crippen LogP contribution >= 0.6 is 0 Å². The minimum absolute atomic E-state index is 0.136. The largest absolute Gasteiger partial charge is 0.481 e. The van der Waals surface area contributed by atoms with Crippen LogP contribution in [-0.2, 0) is 11.2 Å². The fourth-order valence-electron chi connectivity index (χ4n) is 2.57. The van der Waals surface area contributed by atoms with Crippen molar-refractivity contribution in [1.29, 1.82) is 0 Å². The highest BCUT2D eigenvalue weighted by Crippen LogP contribution is 2.18. The van der Waals surface area contributed by atoms with Gasteiger partial charge in [0.15, 0.2) is 0 Å². The van der Waals surface area contributed by atoms with Crippen molar-refractivity contribution in [3.05, 3.63) is 35.9 Å². The first-order valence-corrected chi connectivity index (χ1v) is 8.00. The summed E-state index contributed by atoms with van der Waals surface area (Å²) in [6, 6.07) is 10.4. The van der Waals surface area contributed by atoms with E-state index >= 15 is 0 Å². The average Bonchev–Trinajstić information content (AvgIpc) is 2.46. The molecule has 1 aromatic carbocycles. The summed E-state index contributed by atoms with van der Waals surface area (Å²) in [5.41, 5.74) is 1.35. The number of unbranched alkanes of at least 4 members (excludes halogenated alkanes) is 4. The van der Waals surface area contributed by atoms with Gasteiger partial charge >= 0.3 is 5.97 Å². The first-order valence-electron chi connectivity index (χ1n) is 8.00. The molecule has 0 spiro atoms. The number of hydrogen-bond donors (Lipinski definition) is 1. The van der Waals surface area contributed by atoms with E-state index < -0.39 is 5.97 Å². The third-order valence-electron chi connectivity index (χ3n) is 3.87. The van der Waals surface area contributed by atoms with Crippen molar-refractivity contribution in [2.24, 2.45) is 5.92 Å². The molecular weight excluding hydrogens is 248 g/mol. The highest BCUT2D eigenvalue weighted by molar-refractivity contribution is 5.69. The smallest absolute Gasteiger partial charge is 0.306 e. The molecule has 0 bridgehead atoms.